The van der Waals surface area contributed by atoms with E-state index in [1.165, 1.54) is 6.26 Å². The molecule has 0 aliphatic rings. The van der Waals surface area contributed by atoms with Crippen molar-refractivity contribution in [2.24, 2.45) is 0 Å². The van der Waals surface area contributed by atoms with Gasteiger partial charge in [-0.15, -0.1) is 0 Å². The van der Waals surface area contributed by atoms with Crippen LogP contribution in [0.2, 0.25) is 0 Å². The molecule has 1 rings (SSSR count). The molecule has 0 unspecified atom stereocenters. The lowest BCUT2D eigenvalue weighted by atomic mass is 10.2. The highest BCUT2D eigenvalue weighted by Gasteiger charge is 2.17. The molecular formula is C9H13NO3. The SMILES string of the molecule is CCOC(=O)c1occ(CC)c1N. The van der Waals surface area contributed by atoms with E-state index in [1.807, 2.05) is 6.92 Å². The second-order valence-electron chi connectivity index (χ2n) is 2.58. The molecule has 4 nitrogen and oxygen atoms in total. The van der Waals surface area contributed by atoms with Crippen molar-refractivity contribution in [3.05, 3.63) is 17.6 Å². The lowest BCUT2D eigenvalue weighted by molar-refractivity contribution is 0.0492. The average Bonchev–Trinajstić information content (AvgIpc) is 2.47. The van der Waals surface area contributed by atoms with Crippen LogP contribution >= 0.6 is 0 Å². The first-order valence-corrected chi connectivity index (χ1v) is 4.23. The second-order valence-corrected chi connectivity index (χ2v) is 2.58. The van der Waals surface area contributed by atoms with Gasteiger partial charge in [0.15, 0.2) is 0 Å². The summed E-state index contributed by atoms with van der Waals surface area (Å²) in [7, 11) is 0. The quantitative estimate of drug-likeness (QED) is 0.723. The van der Waals surface area contributed by atoms with Gasteiger partial charge in [0.25, 0.3) is 0 Å². The zero-order valence-electron chi connectivity index (χ0n) is 7.79. The van der Waals surface area contributed by atoms with Crippen molar-refractivity contribution in [2.45, 2.75) is 20.3 Å². The van der Waals surface area contributed by atoms with Crippen molar-refractivity contribution in [3.63, 3.8) is 0 Å². The van der Waals surface area contributed by atoms with E-state index < -0.39 is 5.97 Å². The summed E-state index contributed by atoms with van der Waals surface area (Å²) in [5, 5.41) is 0. The molecule has 72 valence electrons. The van der Waals surface area contributed by atoms with Gasteiger partial charge in [-0.25, -0.2) is 4.79 Å². The maximum Gasteiger partial charge on any atom is 0.376 e. The topological polar surface area (TPSA) is 65.5 Å². The highest BCUT2D eigenvalue weighted by atomic mass is 16.5. The van der Waals surface area contributed by atoms with Gasteiger partial charge < -0.3 is 14.9 Å². The van der Waals surface area contributed by atoms with Gasteiger partial charge in [0, 0.05) is 5.56 Å². The molecule has 1 aromatic rings. The fourth-order valence-corrected chi connectivity index (χ4v) is 1.03. The molecule has 0 radical (unpaired) electrons. The smallest absolute Gasteiger partial charge is 0.376 e. The summed E-state index contributed by atoms with van der Waals surface area (Å²) in [4.78, 5) is 11.2. The lowest BCUT2D eigenvalue weighted by Crippen LogP contribution is -2.06. The van der Waals surface area contributed by atoms with Gasteiger partial charge in [-0.3, -0.25) is 0 Å². The molecule has 2 N–H and O–H groups in total. The van der Waals surface area contributed by atoms with E-state index in [1.54, 1.807) is 6.92 Å². The van der Waals surface area contributed by atoms with Gasteiger partial charge >= 0.3 is 5.97 Å². The predicted octanol–water partition coefficient (Wildman–Crippen LogP) is 1.60. The number of carbonyl (C=O) groups excluding carboxylic acids is 1. The fraction of sp³-hybridized carbons (Fsp3) is 0.444. The van der Waals surface area contributed by atoms with E-state index in [-0.39, 0.29) is 5.76 Å². The van der Waals surface area contributed by atoms with Crippen LogP contribution in [0.4, 0.5) is 5.69 Å². The minimum absolute atomic E-state index is 0.110. The Labute approximate surface area is 76.7 Å². The monoisotopic (exact) mass is 183 g/mol. The highest BCUT2D eigenvalue weighted by Crippen LogP contribution is 2.20. The Kier molecular flexibility index (Phi) is 2.95. The molecule has 0 saturated carbocycles. The summed E-state index contributed by atoms with van der Waals surface area (Å²) in [5.74, 6) is -0.390. The Bertz CT molecular complexity index is 304. The minimum atomic E-state index is -0.500. The minimum Gasteiger partial charge on any atom is -0.460 e. The fourth-order valence-electron chi connectivity index (χ4n) is 1.03. The van der Waals surface area contributed by atoms with Crippen LogP contribution in [0.1, 0.15) is 30.0 Å². The van der Waals surface area contributed by atoms with Gasteiger partial charge in [0.05, 0.1) is 18.6 Å². The molecule has 0 saturated heterocycles. The van der Waals surface area contributed by atoms with Crippen LogP contribution < -0.4 is 5.73 Å². The highest BCUT2D eigenvalue weighted by molar-refractivity contribution is 5.92. The van der Waals surface area contributed by atoms with Crippen LogP contribution in [-0.4, -0.2) is 12.6 Å². The predicted molar refractivity (Wildman–Crippen MR) is 48.5 cm³/mol. The van der Waals surface area contributed by atoms with Crippen LogP contribution in [0, 0.1) is 0 Å². The number of rotatable bonds is 3. The first-order chi connectivity index (χ1) is 6.20. The first-order valence-electron chi connectivity index (χ1n) is 4.23. The molecule has 1 aromatic heterocycles. The third kappa shape index (κ3) is 1.83. The Morgan fingerprint density at radius 1 is 1.62 bits per heavy atom. The Balaban J connectivity index is 2.89. The van der Waals surface area contributed by atoms with Gasteiger partial charge in [0.2, 0.25) is 5.76 Å². The lowest BCUT2D eigenvalue weighted by Gasteiger charge is -1.98. The van der Waals surface area contributed by atoms with Crippen molar-refractivity contribution in [2.75, 3.05) is 12.3 Å². The first kappa shape index (κ1) is 9.64. The number of furan rings is 1. The Morgan fingerprint density at radius 3 is 2.77 bits per heavy atom. The van der Waals surface area contributed by atoms with Gasteiger partial charge in [-0.2, -0.15) is 0 Å². The van der Waals surface area contributed by atoms with Crippen molar-refractivity contribution in [1.82, 2.24) is 0 Å². The molecule has 0 aliphatic heterocycles. The van der Waals surface area contributed by atoms with Crippen LogP contribution in [0.3, 0.4) is 0 Å². The molecule has 4 heteroatoms. The molecule has 0 amide bonds. The van der Waals surface area contributed by atoms with E-state index >= 15 is 0 Å². The maximum atomic E-state index is 11.2. The Morgan fingerprint density at radius 2 is 2.31 bits per heavy atom. The largest absolute Gasteiger partial charge is 0.460 e. The normalized spacial score (nSPS) is 10.0. The molecular weight excluding hydrogens is 170 g/mol. The molecule has 0 spiro atoms. The summed E-state index contributed by atoms with van der Waals surface area (Å²) in [5.41, 5.74) is 6.88. The number of nitrogen functional groups attached to an aromatic ring is 1. The number of esters is 1. The number of hydrogen-bond donors (Lipinski definition) is 1. The maximum absolute atomic E-state index is 11.2. The summed E-state index contributed by atoms with van der Waals surface area (Å²) in [6.07, 6.45) is 2.23. The molecule has 0 bridgehead atoms. The summed E-state index contributed by atoms with van der Waals surface area (Å²) in [6.45, 7) is 3.99. The zero-order chi connectivity index (χ0) is 9.84. The summed E-state index contributed by atoms with van der Waals surface area (Å²) in [6, 6.07) is 0. The van der Waals surface area contributed by atoms with Gasteiger partial charge in [-0.05, 0) is 13.3 Å². The molecule has 1 heterocycles. The molecule has 0 aromatic carbocycles. The van der Waals surface area contributed by atoms with E-state index in [4.69, 9.17) is 14.9 Å². The third-order valence-electron chi connectivity index (χ3n) is 1.75. The second kappa shape index (κ2) is 3.98. The number of aryl methyl sites for hydroxylation is 1. The van der Waals surface area contributed by atoms with Crippen LogP contribution in [0.5, 0.6) is 0 Å². The summed E-state index contributed by atoms with van der Waals surface area (Å²) >= 11 is 0. The van der Waals surface area contributed by atoms with E-state index in [9.17, 15) is 4.79 Å². The number of nitrogens with two attached hydrogens (primary N) is 1. The molecule has 0 atom stereocenters. The van der Waals surface area contributed by atoms with Crippen molar-refractivity contribution in [1.29, 1.82) is 0 Å². The Hall–Kier alpha value is -1.45. The van der Waals surface area contributed by atoms with E-state index in [2.05, 4.69) is 0 Å². The summed E-state index contributed by atoms with van der Waals surface area (Å²) < 4.78 is 9.76. The van der Waals surface area contributed by atoms with Crippen molar-refractivity contribution < 1.29 is 13.9 Å². The van der Waals surface area contributed by atoms with Gasteiger partial charge in [0.1, 0.15) is 0 Å². The number of anilines is 1. The molecule has 0 aliphatic carbocycles. The van der Waals surface area contributed by atoms with Crippen LogP contribution in [0.15, 0.2) is 10.7 Å². The van der Waals surface area contributed by atoms with Gasteiger partial charge in [-0.1, -0.05) is 6.92 Å². The number of carbonyl (C=O) groups is 1. The number of hydrogen-bond acceptors (Lipinski definition) is 4. The van der Waals surface area contributed by atoms with Crippen molar-refractivity contribution >= 4 is 11.7 Å². The van der Waals surface area contributed by atoms with Crippen LogP contribution in [-0.2, 0) is 11.2 Å². The third-order valence-corrected chi connectivity index (χ3v) is 1.75. The van der Waals surface area contributed by atoms with E-state index in [0.29, 0.717) is 12.3 Å². The molecule has 13 heavy (non-hydrogen) atoms. The average molecular weight is 183 g/mol. The van der Waals surface area contributed by atoms with Crippen LogP contribution in [0.25, 0.3) is 0 Å². The van der Waals surface area contributed by atoms with E-state index in [0.717, 1.165) is 12.0 Å². The zero-order valence-corrected chi connectivity index (χ0v) is 7.79. The standard InChI is InChI=1S/C9H13NO3/c1-3-6-5-13-8(7(6)10)9(11)12-4-2/h5H,3-4,10H2,1-2H3. The van der Waals surface area contributed by atoms with Crippen molar-refractivity contribution in [3.8, 4) is 0 Å². The molecule has 0 fully saturated rings. The number of ether oxygens (including phenoxy) is 1.